The zero-order valence-electron chi connectivity index (χ0n) is 10.6. The van der Waals surface area contributed by atoms with Crippen molar-refractivity contribution in [1.29, 1.82) is 0 Å². The molecule has 2 aromatic rings. The molecule has 0 aliphatic heterocycles. The Bertz CT molecular complexity index is 550. The van der Waals surface area contributed by atoms with E-state index in [9.17, 15) is 8.78 Å². The Balaban J connectivity index is 2.15. The Hall–Kier alpha value is -0.970. The molecular formula is C14H14ClF2NS. The Morgan fingerprint density at radius 2 is 1.68 bits per heavy atom. The maximum atomic E-state index is 13.7. The Labute approximate surface area is 120 Å². The van der Waals surface area contributed by atoms with E-state index in [1.54, 1.807) is 6.92 Å². The number of thiophene rings is 1. The first-order chi connectivity index (χ1) is 8.99. The summed E-state index contributed by atoms with van der Waals surface area (Å²) in [5.41, 5.74) is 0.0667. The minimum Gasteiger partial charge on any atom is -0.303 e. The molecule has 0 spiro atoms. The van der Waals surface area contributed by atoms with Gasteiger partial charge in [-0.05, 0) is 38.1 Å². The molecule has 0 aliphatic carbocycles. The second-order valence-corrected chi connectivity index (χ2v) is 6.13. The van der Waals surface area contributed by atoms with Crippen LogP contribution in [-0.4, -0.2) is 0 Å². The largest absolute Gasteiger partial charge is 0.303 e. The van der Waals surface area contributed by atoms with Crippen molar-refractivity contribution in [3.05, 3.63) is 56.7 Å². The van der Waals surface area contributed by atoms with Crippen molar-refractivity contribution >= 4 is 22.9 Å². The van der Waals surface area contributed by atoms with Gasteiger partial charge >= 0.3 is 0 Å². The highest BCUT2D eigenvalue weighted by atomic mass is 35.5. The van der Waals surface area contributed by atoms with Gasteiger partial charge in [0.15, 0.2) is 0 Å². The standard InChI is InChI=1S/C14H14ClF2NS/c1-8(12-6-7-13(15)19-12)18-9(2)14-10(16)4-3-5-11(14)17/h3-9,18H,1-2H3. The fraction of sp³-hybridized carbons (Fsp3) is 0.286. The zero-order chi connectivity index (χ0) is 14.0. The number of benzene rings is 1. The molecule has 0 aliphatic rings. The number of rotatable bonds is 4. The van der Waals surface area contributed by atoms with Crippen LogP contribution in [0.3, 0.4) is 0 Å². The third-order valence-electron chi connectivity index (χ3n) is 2.95. The van der Waals surface area contributed by atoms with Gasteiger partial charge in [-0.25, -0.2) is 8.78 Å². The normalized spacial score (nSPS) is 14.4. The van der Waals surface area contributed by atoms with Crippen molar-refractivity contribution in [2.75, 3.05) is 0 Å². The number of hydrogen-bond acceptors (Lipinski definition) is 2. The van der Waals surface area contributed by atoms with E-state index in [4.69, 9.17) is 11.6 Å². The molecule has 102 valence electrons. The van der Waals surface area contributed by atoms with Gasteiger partial charge in [0.1, 0.15) is 11.6 Å². The van der Waals surface area contributed by atoms with Gasteiger partial charge in [-0.3, -0.25) is 0 Å². The summed E-state index contributed by atoms with van der Waals surface area (Å²) in [4.78, 5) is 1.04. The van der Waals surface area contributed by atoms with Crippen LogP contribution in [-0.2, 0) is 0 Å². The summed E-state index contributed by atoms with van der Waals surface area (Å²) < 4.78 is 28.0. The van der Waals surface area contributed by atoms with E-state index < -0.39 is 17.7 Å². The average molecular weight is 302 g/mol. The SMILES string of the molecule is CC(NC(C)c1c(F)cccc1F)c1ccc(Cl)s1. The second-order valence-electron chi connectivity index (χ2n) is 4.39. The highest BCUT2D eigenvalue weighted by Crippen LogP contribution is 2.29. The van der Waals surface area contributed by atoms with E-state index in [-0.39, 0.29) is 11.6 Å². The summed E-state index contributed by atoms with van der Waals surface area (Å²) in [5.74, 6) is -1.06. The quantitative estimate of drug-likeness (QED) is 0.829. The van der Waals surface area contributed by atoms with Crippen LogP contribution in [0.2, 0.25) is 4.34 Å². The maximum Gasteiger partial charge on any atom is 0.130 e. The van der Waals surface area contributed by atoms with Crippen LogP contribution in [0, 0.1) is 11.6 Å². The Kier molecular flexibility index (Phi) is 4.55. The first-order valence-corrected chi connectivity index (χ1v) is 7.13. The van der Waals surface area contributed by atoms with Crippen molar-refractivity contribution in [2.45, 2.75) is 25.9 Å². The first-order valence-electron chi connectivity index (χ1n) is 5.94. The number of hydrogen-bond donors (Lipinski definition) is 1. The van der Waals surface area contributed by atoms with Gasteiger partial charge in [-0.1, -0.05) is 17.7 Å². The zero-order valence-corrected chi connectivity index (χ0v) is 12.2. The van der Waals surface area contributed by atoms with Crippen LogP contribution >= 0.6 is 22.9 Å². The molecule has 1 aromatic carbocycles. The van der Waals surface area contributed by atoms with Crippen molar-refractivity contribution in [3.8, 4) is 0 Å². The van der Waals surface area contributed by atoms with Crippen molar-refractivity contribution in [3.63, 3.8) is 0 Å². The van der Waals surface area contributed by atoms with Crippen LogP contribution in [0.15, 0.2) is 30.3 Å². The van der Waals surface area contributed by atoms with Gasteiger partial charge in [0.05, 0.1) is 4.34 Å². The molecule has 2 unspecified atom stereocenters. The van der Waals surface area contributed by atoms with Crippen molar-refractivity contribution in [2.24, 2.45) is 0 Å². The predicted molar refractivity (Wildman–Crippen MR) is 75.7 cm³/mol. The molecule has 1 nitrogen and oxygen atoms in total. The molecule has 0 radical (unpaired) electrons. The Morgan fingerprint density at radius 3 is 2.21 bits per heavy atom. The molecule has 0 fully saturated rings. The summed E-state index contributed by atoms with van der Waals surface area (Å²) >= 11 is 7.34. The van der Waals surface area contributed by atoms with E-state index in [2.05, 4.69) is 5.32 Å². The molecule has 1 heterocycles. The van der Waals surface area contributed by atoms with E-state index >= 15 is 0 Å². The number of halogens is 3. The van der Waals surface area contributed by atoms with E-state index in [1.807, 2.05) is 19.1 Å². The topological polar surface area (TPSA) is 12.0 Å². The lowest BCUT2D eigenvalue weighted by Crippen LogP contribution is -2.23. The highest BCUT2D eigenvalue weighted by Gasteiger charge is 2.18. The summed E-state index contributed by atoms with van der Waals surface area (Å²) in [7, 11) is 0. The lowest BCUT2D eigenvalue weighted by atomic mass is 10.1. The lowest BCUT2D eigenvalue weighted by Gasteiger charge is -2.20. The molecule has 1 N–H and O–H groups in total. The van der Waals surface area contributed by atoms with Crippen LogP contribution < -0.4 is 5.32 Å². The fourth-order valence-corrected chi connectivity index (χ4v) is 3.10. The van der Waals surface area contributed by atoms with Crippen molar-refractivity contribution in [1.82, 2.24) is 5.32 Å². The molecule has 2 rings (SSSR count). The van der Waals surface area contributed by atoms with Gasteiger partial charge in [-0.2, -0.15) is 0 Å². The molecule has 1 aromatic heterocycles. The summed E-state index contributed by atoms with van der Waals surface area (Å²) in [6.07, 6.45) is 0. The Morgan fingerprint density at radius 1 is 1.05 bits per heavy atom. The molecule has 19 heavy (non-hydrogen) atoms. The molecule has 5 heteroatoms. The summed E-state index contributed by atoms with van der Waals surface area (Å²) in [5, 5.41) is 3.18. The van der Waals surface area contributed by atoms with Gasteiger partial charge in [0.2, 0.25) is 0 Å². The smallest absolute Gasteiger partial charge is 0.130 e. The van der Waals surface area contributed by atoms with E-state index in [0.29, 0.717) is 4.34 Å². The molecule has 2 atom stereocenters. The average Bonchev–Trinajstić information content (AvgIpc) is 2.75. The van der Waals surface area contributed by atoms with Gasteiger partial charge < -0.3 is 5.32 Å². The molecule has 0 bridgehead atoms. The lowest BCUT2D eigenvalue weighted by molar-refractivity contribution is 0.453. The third kappa shape index (κ3) is 3.32. The molecular weight excluding hydrogens is 288 g/mol. The van der Waals surface area contributed by atoms with Crippen LogP contribution in [0.4, 0.5) is 8.78 Å². The van der Waals surface area contributed by atoms with E-state index in [0.717, 1.165) is 4.88 Å². The minimum atomic E-state index is -0.531. The third-order valence-corrected chi connectivity index (χ3v) is 4.37. The van der Waals surface area contributed by atoms with Crippen LogP contribution in [0.25, 0.3) is 0 Å². The summed E-state index contributed by atoms with van der Waals surface area (Å²) in [6.45, 7) is 3.69. The molecule has 0 saturated carbocycles. The van der Waals surface area contributed by atoms with E-state index in [1.165, 1.54) is 29.5 Å². The van der Waals surface area contributed by atoms with Gasteiger partial charge in [0.25, 0.3) is 0 Å². The second kappa shape index (κ2) is 5.99. The van der Waals surface area contributed by atoms with Gasteiger partial charge in [0, 0.05) is 22.5 Å². The predicted octanol–water partition coefficient (Wildman–Crippen LogP) is 5.09. The monoisotopic (exact) mass is 301 g/mol. The molecule has 0 saturated heterocycles. The highest BCUT2D eigenvalue weighted by molar-refractivity contribution is 7.16. The number of nitrogens with one attached hydrogen (secondary N) is 1. The van der Waals surface area contributed by atoms with Crippen LogP contribution in [0.1, 0.15) is 36.4 Å². The van der Waals surface area contributed by atoms with Crippen LogP contribution in [0.5, 0.6) is 0 Å². The van der Waals surface area contributed by atoms with Gasteiger partial charge in [-0.15, -0.1) is 11.3 Å². The molecule has 0 amide bonds. The maximum absolute atomic E-state index is 13.7. The fourth-order valence-electron chi connectivity index (χ4n) is 2.03. The summed E-state index contributed by atoms with van der Waals surface area (Å²) in [6, 6.07) is 7.18. The first kappa shape index (κ1) is 14.4. The van der Waals surface area contributed by atoms with Crippen molar-refractivity contribution < 1.29 is 8.78 Å². The minimum absolute atomic E-state index is 0.0218.